The van der Waals surface area contributed by atoms with Gasteiger partial charge in [0.1, 0.15) is 0 Å². The average molecular weight is 217 g/mol. The maximum atomic E-state index is 5.68. The summed E-state index contributed by atoms with van der Waals surface area (Å²) in [6.07, 6.45) is 2.49. The van der Waals surface area contributed by atoms with Gasteiger partial charge in [-0.05, 0) is 30.5 Å². The fourth-order valence-corrected chi connectivity index (χ4v) is 2.88. The van der Waals surface area contributed by atoms with E-state index in [2.05, 4.69) is 22.3 Å². The van der Waals surface area contributed by atoms with Crippen LogP contribution < -0.4 is 11.1 Å². The van der Waals surface area contributed by atoms with Crippen LogP contribution in [0.15, 0.2) is 24.3 Å². The van der Waals surface area contributed by atoms with E-state index in [4.69, 9.17) is 5.73 Å². The molecule has 2 aliphatic heterocycles. The molecule has 2 heterocycles. The number of likely N-dealkylation sites (tertiary alicyclic amines) is 1. The van der Waals surface area contributed by atoms with Crippen LogP contribution in [0.4, 0.5) is 5.69 Å². The normalized spacial score (nSPS) is 28.8. The number of rotatable bonds is 3. The molecule has 2 fully saturated rings. The van der Waals surface area contributed by atoms with Crippen molar-refractivity contribution in [2.45, 2.75) is 24.9 Å². The van der Waals surface area contributed by atoms with E-state index < -0.39 is 0 Å². The van der Waals surface area contributed by atoms with E-state index in [1.807, 2.05) is 12.1 Å². The lowest BCUT2D eigenvalue weighted by Crippen LogP contribution is -2.44. The van der Waals surface area contributed by atoms with Gasteiger partial charge in [0.25, 0.3) is 0 Å². The van der Waals surface area contributed by atoms with E-state index >= 15 is 0 Å². The summed E-state index contributed by atoms with van der Waals surface area (Å²) in [5, 5.41) is 3.53. The number of nitrogens with two attached hydrogens (primary N) is 1. The van der Waals surface area contributed by atoms with E-state index in [0.717, 1.165) is 24.2 Å². The number of piperazine rings is 1. The minimum atomic E-state index is 0.761. The Balaban J connectivity index is 1.55. The van der Waals surface area contributed by atoms with E-state index in [1.54, 1.807) is 0 Å². The van der Waals surface area contributed by atoms with Gasteiger partial charge in [-0.25, -0.2) is 0 Å². The van der Waals surface area contributed by atoms with Gasteiger partial charge in [-0.2, -0.15) is 0 Å². The number of nitrogen functional groups attached to an aromatic ring is 1. The van der Waals surface area contributed by atoms with Crippen LogP contribution in [-0.2, 0) is 6.42 Å². The average Bonchev–Trinajstić information content (AvgIpc) is 2.90. The van der Waals surface area contributed by atoms with E-state index in [1.165, 1.54) is 31.6 Å². The number of hydrogen-bond donors (Lipinski definition) is 2. The Kier molecular flexibility index (Phi) is 2.58. The summed E-state index contributed by atoms with van der Waals surface area (Å²) in [5.74, 6) is 0. The number of nitrogens with one attached hydrogen (secondary N) is 1. The second-order valence-electron chi connectivity index (χ2n) is 4.98. The fourth-order valence-electron chi connectivity index (χ4n) is 2.88. The highest BCUT2D eigenvalue weighted by atomic mass is 15.3. The molecule has 1 aromatic carbocycles. The minimum absolute atomic E-state index is 0.761. The van der Waals surface area contributed by atoms with Crippen LogP contribution in [0.2, 0.25) is 0 Å². The van der Waals surface area contributed by atoms with Gasteiger partial charge in [0.2, 0.25) is 0 Å². The zero-order chi connectivity index (χ0) is 11.0. The van der Waals surface area contributed by atoms with Gasteiger partial charge in [-0.1, -0.05) is 12.1 Å². The number of nitrogens with zero attached hydrogens (tertiary/aromatic N) is 1. The first-order chi connectivity index (χ1) is 7.81. The Morgan fingerprint density at radius 3 is 2.75 bits per heavy atom. The fraction of sp³-hybridized carbons (Fsp3) is 0.538. The van der Waals surface area contributed by atoms with Crippen molar-refractivity contribution in [2.24, 2.45) is 0 Å². The highest BCUT2D eigenvalue weighted by Gasteiger charge is 2.36. The minimum Gasteiger partial charge on any atom is -0.399 e. The van der Waals surface area contributed by atoms with Crippen LogP contribution >= 0.6 is 0 Å². The molecule has 0 saturated carbocycles. The van der Waals surface area contributed by atoms with Crippen LogP contribution in [0.1, 0.15) is 12.0 Å². The van der Waals surface area contributed by atoms with Gasteiger partial charge < -0.3 is 11.1 Å². The number of fused-ring (bicyclic) bond motifs is 2. The van der Waals surface area contributed by atoms with Crippen LogP contribution in [0, 0.1) is 0 Å². The first-order valence-corrected chi connectivity index (χ1v) is 6.13. The topological polar surface area (TPSA) is 41.3 Å². The zero-order valence-corrected chi connectivity index (χ0v) is 9.52. The molecule has 0 aliphatic carbocycles. The van der Waals surface area contributed by atoms with Crippen molar-refractivity contribution in [3.8, 4) is 0 Å². The lowest BCUT2D eigenvalue weighted by atomic mass is 10.1. The first kappa shape index (κ1) is 10.1. The smallest absolute Gasteiger partial charge is 0.0314 e. The van der Waals surface area contributed by atoms with Gasteiger partial charge in [0.05, 0.1) is 0 Å². The predicted octanol–water partition coefficient (Wildman–Crippen LogP) is 0.857. The molecule has 2 unspecified atom stereocenters. The van der Waals surface area contributed by atoms with Crippen molar-refractivity contribution in [1.82, 2.24) is 10.2 Å². The molecule has 86 valence electrons. The molecule has 0 amide bonds. The van der Waals surface area contributed by atoms with Crippen LogP contribution in [0.3, 0.4) is 0 Å². The van der Waals surface area contributed by atoms with Gasteiger partial charge in [-0.3, -0.25) is 4.90 Å². The molecule has 0 spiro atoms. The van der Waals surface area contributed by atoms with Crippen molar-refractivity contribution in [2.75, 3.05) is 25.4 Å². The highest BCUT2D eigenvalue weighted by Crippen LogP contribution is 2.23. The first-order valence-electron chi connectivity index (χ1n) is 6.13. The molecule has 3 heteroatoms. The standard InChI is InChI=1S/C13H19N3/c14-11-3-1-10(2-4-11)5-6-16-9-12-7-13(16)8-15-12/h1-4,12-13,15H,5-9,14H2. The third-order valence-electron chi connectivity index (χ3n) is 3.84. The molecule has 2 atom stereocenters. The van der Waals surface area contributed by atoms with Gasteiger partial charge in [0.15, 0.2) is 0 Å². The Hall–Kier alpha value is -1.06. The Morgan fingerprint density at radius 1 is 1.31 bits per heavy atom. The van der Waals surface area contributed by atoms with Crippen molar-refractivity contribution in [3.05, 3.63) is 29.8 Å². The van der Waals surface area contributed by atoms with Crippen LogP contribution in [0.5, 0.6) is 0 Å². The Bertz CT molecular complexity index is 360. The summed E-state index contributed by atoms with van der Waals surface area (Å²) in [5.41, 5.74) is 7.92. The number of hydrogen-bond acceptors (Lipinski definition) is 3. The van der Waals surface area contributed by atoms with Gasteiger partial charge in [0, 0.05) is 37.4 Å². The number of anilines is 1. The maximum absolute atomic E-state index is 5.68. The largest absolute Gasteiger partial charge is 0.399 e. The molecule has 3 rings (SSSR count). The van der Waals surface area contributed by atoms with Gasteiger partial charge in [-0.15, -0.1) is 0 Å². The van der Waals surface area contributed by atoms with Crippen LogP contribution in [-0.4, -0.2) is 36.6 Å². The summed E-state index contributed by atoms with van der Waals surface area (Å²) in [6, 6.07) is 9.82. The second-order valence-corrected chi connectivity index (χ2v) is 4.98. The molecule has 0 aromatic heterocycles. The molecule has 0 radical (unpaired) electrons. The van der Waals surface area contributed by atoms with E-state index in [0.29, 0.717) is 0 Å². The molecule has 2 bridgehead atoms. The zero-order valence-electron chi connectivity index (χ0n) is 9.52. The molecule has 2 saturated heterocycles. The monoisotopic (exact) mass is 217 g/mol. The molecular formula is C13H19N3. The molecular weight excluding hydrogens is 198 g/mol. The highest BCUT2D eigenvalue weighted by molar-refractivity contribution is 5.39. The molecule has 16 heavy (non-hydrogen) atoms. The van der Waals surface area contributed by atoms with E-state index in [9.17, 15) is 0 Å². The summed E-state index contributed by atoms with van der Waals surface area (Å²) in [4.78, 5) is 2.62. The molecule has 1 aromatic rings. The van der Waals surface area contributed by atoms with E-state index in [-0.39, 0.29) is 0 Å². The maximum Gasteiger partial charge on any atom is 0.0314 e. The predicted molar refractivity (Wildman–Crippen MR) is 66.3 cm³/mol. The van der Waals surface area contributed by atoms with Gasteiger partial charge >= 0.3 is 0 Å². The Labute approximate surface area is 96.6 Å². The SMILES string of the molecule is Nc1ccc(CCN2CC3CC2CN3)cc1. The Morgan fingerprint density at radius 2 is 2.12 bits per heavy atom. The third-order valence-corrected chi connectivity index (χ3v) is 3.84. The molecule has 3 nitrogen and oxygen atoms in total. The lowest BCUT2D eigenvalue weighted by Gasteiger charge is -2.27. The lowest BCUT2D eigenvalue weighted by molar-refractivity contribution is 0.229. The van der Waals surface area contributed by atoms with Crippen molar-refractivity contribution < 1.29 is 0 Å². The molecule has 2 aliphatic rings. The summed E-state index contributed by atoms with van der Waals surface area (Å²) >= 11 is 0. The van der Waals surface area contributed by atoms with Crippen molar-refractivity contribution in [1.29, 1.82) is 0 Å². The summed E-state index contributed by atoms with van der Waals surface area (Å²) < 4.78 is 0. The van der Waals surface area contributed by atoms with Crippen molar-refractivity contribution in [3.63, 3.8) is 0 Å². The quantitative estimate of drug-likeness (QED) is 0.738. The summed E-state index contributed by atoms with van der Waals surface area (Å²) in [7, 11) is 0. The number of benzene rings is 1. The summed E-state index contributed by atoms with van der Waals surface area (Å²) in [6.45, 7) is 3.61. The van der Waals surface area contributed by atoms with Crippen molar-refractivity contribution >= 4 is 5.69 Å². The molecule has 3 N–H and O–H groups in total. The second kappa shape index (κ2) is 4.07. The third kappa shape index (κ3) is 1.93. The van der Waals surface area contributed by atoms with Crippen LogP contribution in [0.25, 0.3) is 0 Å².